The molecule has 1 unspecified atom stereocenters. The third kappa shape index (κ3) is 5.43. The molecular weight excluding hydrogens is 406 g/mol. The molecule has 3 rings (SSSR count). The van der Waals surface area contributed by atoms with Crippen LogP contribution in [0.3, 0.4) is 0 Å². The lowest BCUT2D eigenvalue weighted by Gasteiger charge is -2.27. The van der Waals surface area contributed by atoms with E-state index in [1.807, 2.05) is 32.0 Å². The molecule has 1 aromatic rings. The lowest BCUT2D eigenvalue weighted by Crippen LogP contribution is -2.44. The van der Waals surface area contributed by atoms with Crippen LogP contribution in [0.15, 0.2) is 18.2 Å². The molecule has 1 fully saturated rings. The summed E-state index contributed by atoms with van der Waals surface area (Å²) in [5, 5.41) is 0. The van der Waals surface area contributed by atoms with Crippen molar-refractivity contribution < 1.29 is 41.7 Å². The topological polar surface area (TPSA) is 118 Å². The Hall–Kier alpha value is -2.69. The van der Waals surface area contributed by atoms with Crippen LogP contribution in [-0.2, 0) is 30.5 Å². The summed E-state index contributed by atoms with van der Waals surface area (Å²) in [5.74, 6) is 0.925. The molecule has 2 heterocycles. The lowest BCUT2D eigenvalue weighted by atomic mass is 10.1. The Morgan fingerprint density at radius 3 is 2.62 bits per heavy atom. The van der Waals surface area contributed by atoms with Gasteiger partial charge in [-0.3, -0.25) is 0 Å². The Morgan fingerprint density at radius 1 is 1.21 bits per heavy atom. The fourth-order valence-electron chi connectivity index (χ4n) is 3.11. The second-order valence-corrected chi connectivity index (χ2v) is 8.92. The Kier molecular flexibility index (Phi) is 6.36. The van der Waals surface area contributed by atoms with Gasteiger partial charge in [0.15, 0.2) is 21.3 Å². The van der Waals surface area contributed by atoms with Crippen LogP contribution in [0, 0.1) is 0 Å². The first-order valence-corrected chi connectivity index (χ1v) is 11.0. The van der Waals surface area contributed by atoms with Crippen molar-refractivity contribution in [2.45, 2.75) is 32.4 Å². The molecule has 1 amide bonds. The number of benzene rings is 1. The summed E-state index contributed by atoms with van der Waals surface area (Å²) in [4.78, 5) is 25.3. The molecule has 0 N–H and O–H groups in total. The predicted octanol–water partition coefficient (Wildman–Crippen LogP) is 1.71. The van der Waals surface area contributed by atoms with Gasteiger partial charge in [0.05, 0.1) is 11.5 Å². The van der Waals surface area contributed by atoms with Crippen LogP contribution in [-0.4, -0.2) is 69.3 Å². The molecule has 0 bridgehead atoms. The molecule has 0 spiro atoms. The van der Waals surface area contributed by atoms with Gasteiger partial charge in [0, 0.05) is 12.6 Å². The van der Waals surface area contributed by atoms with Gasteiger partial charge in [0.25, 0.3) is 0 Å². The van der Waals surface area contributed by atoms with Crippen molar-refractivity contribution in [3.63, 3.8) is 0 Å². The van der Waals surface area contributed by atoms with E-state index in [9.17, 15) is 18.0 Å². The number of carbonyl (C=O) groups excluding carboxylic acids is 2. The van der Waals surface area contributed by atoms with Gasteiger partial charge in [-0.2, -0.15) is 0 Å². The van der Waals surface area contributed by atoms with Gasteiger partial charge < -0.3 is 28.6 Å². The normalized spacial score (nSPS) is 17.7. The monoisotopic (exact) mass is 429 g/mol. The first-order valence-electron chi connectivity index (χ1n) is 9.13. The van der Waals surface area contributed by atoms with Gasteiger partial charge in [-0.15, -0.1) is 0 Å². The molecule has 0 radical (unpaired) electrons. The van der Waals surface area contributed by atoms with Crippen LogP contribution < -0.4 is 9.47 Å². The maximum Gasteiger partial charge on any atom is 0.511 e. The van der Waals surface area contributed by atoms with Gasteiger partial charge >= 0.3 is 12.2 Å². The number of ether oxygens (including phenoxy) is 5. The number of hydrogen-bond acceptors (Lipinski definition) is 9. The fourth-order valence-corrected chi connectivity index (χ4v) is 4.28. The minimum Gasteiger partial charge on any atom is -0.454 e. The highest BCUT2D eigenvalue weighted by molar-refractivity contribution is 7.92. The summed E-state index contributed by atoms with van der Waals surface area (Å²) in [5.41, 5.74) is 0.975. The van der Waals surface area contributed by atoms with E-state index in [4.69, 9.17) is 18.9 Å². The molecule has 160 valence electrons. The van der Waals surface area contributed by atoms with Gasteiger partial charge in [-0.1, -0.05) is 6.07 Å². The summed E-state index contributed by atoms with van der Waals surface area (Å²) in [6.45, 7) is 3.66. The molecule has 1 atom stereocenters. The maximum absolute atomic E-state index is 12.3. The van der Waals surface area contributed by atoms with Gasteiger partial charge in [-0.25, -0.2) is 18.0 Å². The first kappa shape index (κ1) is 21.0. The second-order valence-electron chi connectivity index (χ2n) is 6.77. The minimum absolute atomic E-state index is 0.181. The molecular formula is C18H23NO9S. The molecule has 1 aromatic carbocycles. The van der Waals surface area contributed by atoms with Gasteiger partial charge in [0.1, 0.15) is 6.10 Å². The van der Waals surface area contributed by atoms with Crippen LogP contribution in [0.4, 0.5) is 9.59 Å². The van der Waals surface area contributed by atoms with Crippen LogP contribution in [0.2, 0.25) is 0 Å². The number of carbonyl (C=O) groups is 2. The average molecular weight is 429 g/mol. The van der Waals surface area contributed by atoms with E-state index in [1.165, 1.54) is 4.90 Å². The smallest absolute Gasteiger partial charge is 0.454 e. The number of hydrogen-bond donors (Lipinski definition) is 0. The van der Waals surface area contributed by atoms with E-state index in [2.05, 4.69) is 4.74 Å². The lowest BCUT2D eigenvalue weighted by molar-refractivity contribution is -0.0347. The summed E-state index contributed by atoms with van der Waals surface area (Å²) < 4.78 is 47.1. The molecule has 0 aliphatic carbocycles. The zero-order valence-corrected chi connectivity index (χ0v) is 17.0. The molecule has 11 heteroatoms. The van der Waals surface area contributed by atoms with Crippen molar-refractivity contribution in [1.29, 1.82) is 0 Å². The van der Waals surface area contributed by atoms with E-state index in [-0.39, 0.29) is 24.3 Å². The number of rotatable bonds is 7. The van der Waals surface area contributed by atoms with Crippen molar-refractivity contribution >= 4 is 22.1 Å². The molecule has 2 aliphatic heterocycles. The predicted molar refractivity (Wildman–Crippen MR) is 99.5 cm³/mol. The summed E-state index contributed by atoms with van der Waals surface area (Å²) in [6.07, 6.45) is -1.86. The summed E-state index contributed by atoms with van der Waals surface area (Å²) >= 11 is 0. The minimum atomic E-state index is -3.10. The number of likely N-dealkylation sites (N-methyl/N-ethyl adjacent to an activating group) is 1. The Labute approximate surface area is 168 Å². The Bertz CT molecular complexity index is 858. The van der Waals surface area contributed by atoms with Gasteiger partial charge in [-0.05, 0) is 38.0 Å². The standard InChI is InChI=1S/C18H23NO9S/c1-3-19(12(2)6-13-4-5-15-16(7-13)25-10-24-15)17(20)26-11-27-18(21)28-14-8-29(22,23)9-14/h4-5,7,12,14H,3,6,8-11H2,1-2H3. The number of fused-ring (bicyclic) bond motifs is 1. The largest absolute Gasteiger partial charge is 0.511 e. The van der Waals surface area contributed by atoms with Crippen LogP contribution in [0.25, 0.3) is 0 Å². The van der Waals surface area contributed by atoms with Crippen molar-refractivity contribution in [3.8, 4) is 11.5 Å². The van der Waals surface area contributed by atoms with Crippen molar-refractivity contribution in [2.24, 2.45) is 0 Å². The summed E-state index contributed by atoms with van der Waals surface area (Å²) in [7, 11) is -3.10. The number of amides is 1. The van der Waals surface area contributed by atoms with E-state index in [1.54, 1.807) is 0 Å². The third-order valence-corrected chi connectivity index (χ3v) is 6.34. The van der Waals surface area contributed by atoms with E-state index in [0.717, 1.165) is 5.56 Å². The summed E-state index contributed by atoms with van der Waals surface area (Å²) in [6, 6.07) is 5.42. The Balaban J connectivity index is 1.42. The molecule has 10 nitrogen and oxygen atoms in total. The second kappa shape index (κ2) is 8.76. The third-order valence-electron chi connectivity index (χ3n) is 4.58. The quantitative estimate of drug-likeness (QED) is 0.471. The van der Waals surface area contributed by atoms with E-state index >= 15 is 0 Å². The first-order chi connectivity index (χ1) is 13.8. The number of sulfone groups is 1. The molecule has 0 aromatic heterocycles. The highest BCUT2D eigenvalue weighted by atomic mass is 32.2. The molecule has 0 saturated carbocycles. The van der Waals surface area contributed by atoms with Gasteiger partial charge in [0.2, 0.25) is 13.6 Å². The van der Waals surface area contributed by atoms with E-state index in [0.29, 0.717) is 24.5 Å². The zero-order valence-electron chi connectivity index (χ0n) is 16.2. The molecule has 1 saturated heterocycles. The molecule has 2 aliphatic rings. The van der Waals surface area contributed by atoms with Crippen molar-refractivity contribution in [2.75, 3.05) is 31.6 Å². The highest BCUT2D eigenvalue weighted by Crippen LogP contribution is 2.33. The van der Waals surface area contributed by atoms with Crippen LogP contribution >= 0.6 is 0 Å². The van der Waals surface area contributed by atoms with Crippen LogP contribution in [0.5, 0.6) is 11.5 Å². The van der Waals surface area contributed by atoms with Crippen molar-refractivity contribution in [3.05, 3.63) is 23.8 Å². The van der Waals surface area contributed by atoms with Crippen molar-refractivity contribution in [1.82, 2.24) is 4.90 Å². The van der Waals surface area contributed by atoms with Crippen LogP contribution in [0.1, 0.15) is 19.4 Å². The zero-order chi connectivity index (χ0) is 21.0. The Morgan fingerprint density at radius 2 is 1.93 bits per heavy atom. The number of nitrogens with zero attached hydrogens (tertiary/aromatic N) is 1. The molecule has 29 heavy (non-hydrogen) atoms. The highest BCUT2D eigenvalue weighted by Gasteiger charge is 2.37. The van der Waals surface area contributed by atoms with E-state index < -0.39 is 35.0 Å². The fraction of sp³-hybridized carbons (Fsp3) is 0.556. The SMILES string of the molecule is CCN(C(=O)OCOC(=O)OC1CS(=O)(=O)C1)C(C)Cc1ccc2c(c1)OCO2. The average Bonchev–Trinajstić information content (AvgIpc) is 3.08. The maximum atomic E-state index is 12.3.